The zero-order chi connectivity index (χ0) is 27.2. The van der Waals surface area contributed by atoms with Gasteiger partial charge in [0.15, 0.2) is 0 Å². The maximum atomic E-state index is 13.4. The van der Waals surface area contributed by atoms with E-state index in [0.717, 1.165) is 0 Å². The number of allylic oxidation sites excluding steroid dienone is 2. The fraction of sp³-hybridized carbons (Fsp3) is 0.0556. The summed E-state index contributed by atoms with van der Waals surface area (Å²) in [6.07, 6.45) is 11.3. The van der Waals surface area contributed by atoms with Crippen LogP contribution in [0.15, 0.2) is 109 Å². The second-order valence-electron chi connectivity index (χ2n) is 9.94. The van der Waals surface area contributed by atoms with Gasteiger partial charge >= 0.3 is 26.2 Å². The second-order valence-corrected chi connectivity index (χ2v) is 14.4. The molecule has 0 nitrogen and oxygen atoms in total. The van der Waals surface area contributed by atoms with E-state index in [9.17, 15) is 4.39 Å². The zero-order valence-electron chi connectivity index (χ0n) is 22.5. The number of hydrogen-bond donors (Lipinski definition) is 0. The molecule has 0 aromatic heterocycles. The molecule has 0 saturated heterocycles. The molecule has 5 aromatic carbocycles. The van der Waals surface area contributed by atoms with Crippen LogP contribution in [0.3, 0.4) is 0 Å². The summed E-state index contributed by atoms with van der Waals surface area (Å²) in [5.74, 6) is 0.350. The summed E-state index contributed by atoms with van der Waals surface area (Å²) < 4.78 is 16.0. The molecule has 0 radical (unpaired) electrons. The molecule has 5 aromatic rings. The van der Waals surface area contributed by atoms with Gasteiger partial charge in [0.1, 0.15) is 5.82 Å². The first-order chi connectivity index (χ1) is 19.6. The number of halogens is 5. The van der Waals surface area contributed by atoms with Crippen LogP contribution >= 0.6 is 53.1 Å². The molecule has 4 aliphatic rings. The fourth-order valence-corrected chi connectivity index (χ4v) is 9.74. The van der Waals surface area contributed by atoms with Gasteiger partial charge in [0, 0.05) is 0 Å². The van der Waals surface area contributed by atoms with E-state index in [2.05, 4.69) is 154 Å². The third kappa shape index (κ3) is 6.72. The average Bonchev–Trinajstić information content (AvgIpc) is 3.64. The molecule has 7 heteroatoms. The van der Waals surface area contributed by atoms with Gasteiger partial charge in [-0.05, 0) is 83.0 Å². The molecule has 2 aliphatic carbocycles. The van der Waals surface area contributed by atoms with Crippen LogP contribution < -0.4 is 40.7 Å². The Hall–Kier alpha value is -1.14. The van der Waals surface area contributed by atoms with Crippen LogP contribution in [0.5, 0.6) is 0 Å². The van der Waals surface area contributed by atoms with E-state index in [1.54, 1.807) is 12.1 Å². The Bertz CT molecular complexity index is 1790. The molecule has 2 heterocycles. The van der Waals surface area contributed by atoms with E-state index in [0.29, 0.717) is 5.92 Å². The maximum absolute atomic E-state index is 13.4. The number of rotatable bonds is 2. The molecular formula is C36H22Cl2FI2PZr. The van der Waals surface area contributed by atoms with Crippen molar-refractivity contribution in [3.8, 4) is 0 Å². The van der Waals surface area contributed by atoms with Gasteiger partial charge < -0.3 is 24.8 Å². The van der Waals surface area contributed by atoms with Crippen LogP contribution in [-0.4, -0.2) is 0 Å². The molecule has 43 heavy (non-hydrogen) atoms. The van der Waals surface area contributed by atoms with Gasteiger partial charge in [0.25, 0.3) is 0 Å². The van der Waals surface area contributed by atoms with Crippen LogP contribution in [0.1, 0.15) is 45.2 Å². The van der Waals surface area contributed by atoms with Crippen molar-refractivity contribution in [2.45, 2.75) is 11.8 Å². The molecule has 0 N–H and O–H groups in total. The van der Waals surface area contributed by atoms with Crippen molar-refractivity contribution >= 4 is 81.2 Å². The van der Waals surface area contributed by atoms with Gasteiger partial charge in [-0.2, -0.15) is 11.1 Å². The average molecular weight is 920 g/mol. The van der Waals surface area contributed by atoms with Gasteiger partial charge in [-0.25, -0.2) is 16.5 Å². The summed E-state index contributed by atoms with van der Waals surface area (Å²) >= 11 is 4.84. The van der Waals surface area contributed by atoms with E-state index in [1.165, 1.54) is 56.4 Å². The first-order valence-corrected chi connectivity index (χ1v) is 16.6. The van der Waals surface area contributed by atoms with E-state index in [1.807, 2.05) is 12.1 Å². The van der Waals surface area contributed by atoms with E-state index < -0.39 is 7.92 Å². The monoisotopic (exact) mass is 918 g/mol. The molecule has 6 bridgehead atoms. The summed E-state index contributed by atoms with van der Waals surface area (Å²) in [6.45, 7) is 0. The fourth-order valence-electron chi connectivity index (χ4n) is 5.73. The summed E-state index contributed by atoms with van der Waals surface area (Å²) in [4.78, 5) is 0. The molecule has 3 unspecified atom stereocenters. The van der Waals surface area contributed by atoms with Crippen molar-refractivity contribution in [2.75, 3.05) is 0 Å². The maximum Gasteiger partial charge on any atom is 4.00 e. The molecule has 0 amide bonds. The minimum absolute atomic E-state index is 0. The second kappa shape index (κ2) is 15.0. The minimum atomic E-state index is -0.695. The smallest absolute Gasteiger partial charge is 1.00 e. The Morgan fingerprint density at radius 3 is 1.86 bits per heavy atom. The van der Waals surface area contributed by atoms with Gasteiger partial charge in [0.05, 0.1) is 0 Å². The Balaban J connectivity index is 0.000000197. The minimum Gasteiger partial charge on any atom is -1.00 e. The third-order valence-corrected chi connectivity index (χ3v) is 12.0. The third-order valence-electron chi connectivity index (χ3n) is 7.62. The van der Waals surface area contributed by atoms with Crippen molar-refractivity contribution in [1.82, 2.24) is 0 Å². The van der Waals surface area contributed by atoms with Crippen molar-refractivity contribution in [2.24, 2.45) is 0 Å². The molecule has 9 rings (SSSR count). The summed E-state index contributed by atoms with van der Waals surface area (Å²) in [6, 6.07) is 37.4. The summed E-state index contributed by atoms with van der Waals surface area (Å²) in [5, 5.41) is 3.83. The van der Waals surface area contributed by atoms with Crippen LogP contribution in [0, 0.1) is 25.1 Å². The Kier molecular flexibility index (Phi) is 12.1. The number of hydrogen-bond acceptors (Lipinski definition) is 0. The normalized spacial score (nSPS) is 17.6. The molecule has 3 atom stereocenters. The van der Waals surface area contributed by atoms with Gasteiger partial charge in [-0.1, -0.05) is 119 Å². The first-order valence-electron chi connectivity index (χ1n) is 13.1. The van der Waals surface area contributed by atoms with Gasteiger partial charge in [0.2, 0.25) is 0 Å². The standard InChI is InChI=1S/C21H12FIP.C15H10I.2ClH.Zr/c22-14-3-7-16(8-4-14)24-15-5-1-13(2-6-15)17-9-10-18-20(24)12-11-19(23)21(17)18;16-14-8-4-7-12-9-10-13(15(12)14)11-5-2-1-3-6-11;;;/h1-8,10-12,17H;1-9,13H;2*1H;/q2*-1;;;+4/p-2. The van der Waals surface area contributed by atoms with Crippen molar-refractivity contribution in [1.29, 1.82) is 0 Å². The van der Waals surface area contributed by atoms with Gasteiger partial charge in [-0.15, -0.1) is 17.2 Å². The predicted octanol–water partition coefficient (Wildman–Crippen LogP) is 2.72. The van der Waals surface area contributed by atoms with Crippen LogP contribution in [0.4, 0.5) is 4.39 Å². The number of benzene rings is 5. The molecule has 0 fully saturated rings. The van der Waals surface area contributed by atoms with Crippen molar-refractivity contribution < 1.29 is 55.4 Å². The van der Waals surface area contributed by atoms with Crippen molar-refractivity contribution in [3.63, 3.8) is 0 Å². The molecule has 210 valence electrons. The van der Waals surface area contributed by atoms with E-state index >= 15 is 0 Å². The summed E-state index contributed by atoms with van der Waals surface area (Å²) in [7, 11) is -0.695. The van der Waals surface area contributed by atoms with Crippen LogP contribution in [-0.2, 0) is 26.2 Å². The zero-order valence-corrected chi connectivity index (χ0v) is 31.7. The van der Waals surface area contributed by atoms with E-state index in [4.69, 9.17) is 0 Å². The van der Waals surface area contributed by atoms with Crippen LogP contribution in [0.25, 0.3) is 12.2 Å². The molecular weight excluding hydrogens is 898 g/mol. The van der Waals surface area contributed by atoms with Crippen LogP contribution in [0.2, 0.25) is 0 Å². The Morgan fingerprint density at radius 2 is 1.16 bits per heavy atom. The molecule has 0 spiro atoms. The first kappa shape index (κ1) is 34.7. The quantitative estimate of drug-likeness (QED) is 0.146. The van der Waals surface area contributed by atoms with Gasteiger partial charge in [-0.3, -0.25) is 12.2 Å². The van der Waals surface area contributed by atoms with Crippen molar-refractivity contribution in [3.05, 3.63) is 168 Å². The molecule has 2 aliphatic heterocycles. The number of fused-ring (bicyclic) bond motifs is 3. The Labute approximate surface area is 312 Å². The topological polar surface area (TPSA) is 0 Å². The SMILES string of the molecule is Fc1ccc(P2c3ccc(cc3)C3[C-]=Cc4c2ccc(I)c43)cc1.Ic1cccc2c1C(c1ccccc1)[C-]=C2.[Cl-].[Cl-].[Zr+4]. The van der Waals surface area contributed by atoms with E-state index in [-0.39, 0.29) is 62.8 Å². The molecule has 0 saturated carbocycles. The summed E-state index contributed by atoms with van der Waals surface area (Å²) in [5.41, 5.74) is 8.00. The predicted molar refractivity (Wildman–Crippen MR) is 183 cm³/mol. The Morgan fingerprint density at radius 1 is 0.581 bits per heavy atom. The largest absolute Gasteiger partial charge is 4.00 e.